The van der Waals surface area contributed by atoms with Crippen molar-refractivity contribution in [3.05, 3.63) is 29.6 Å². The van der Waals surface area contributed by atoms with Crippen LogP contribution in [0.1, 0.15) is 12.5 Å². The van der Waals surface area contributed by atoms with Crippen molar-refractivity contribution in [1.82, 2.24) is 0 Å². The van der Waals surface area contributed by atoms with Gasteiger partial charge in [-0.25, -0.2) is 4.39 Å². The van der Waals surface area contributed by atoms with Crippen molar-refractivity contribution >= 4 is 0 Å². The number of benzene rings is 1. The molecule has 1 aromatic carbocycles. The zero-order valence-corrected chi connectivity index (χ0v) is 8.90. The van der Waals surface area contributed by atoms with Crippen LogP contribution in [0.3, 0.4) is 0 Å². The molecule has 0 aliphatic heterocycles. The summed E-state index contributed by atoms with van der Waals surface area (Å²) in [6.07, 6.45) is -0.582. The number of aliphatic hydroxyl groups is 1. The zero-order valence-electron chi connectivity index (χ0n) is 8.90. The average molecular weight is 213 g/mol. The third-order valence-corrected chi connectivity index (χ3v) is 2.20. The summed E-state index contributed by atoms with van der Waals surface area (Å²) in [4.78, 5) is 0. The molecule has 0 aliphatic rings. The second-order valence-corrected chi connectivity index (χ2v) is 3.59. The van der Waals surface area contributed by atoms with Gasteiger partial charge in [0, 0.05) is 6.04 Å². The number of ether oxygens (including phenoxy) is 1. The van der Waals surface area contributed by atoms with Gasteiger partial charge in [-0.1, -0.05) is 12.1 Å². The summed E-state index contributed by atoms with van der Waals surface area (Å²) in [6.45, 7) is 3.13. The van der Waals surface area contributed by atoms with Gasteiger partial charge < -0.3 is 15.6 Å². The molecule has 0 amide bonds. The van der Waals surface area contributed by atoms with Crippen LogP contribution in [-0.4, -0.2) is 23.9 Å². The number of aryl methyl sites for hydroxylation is 1. The van der Waals surface area contributed by atoms with E-state index in [9.17, 15) is 4.39 Å². The lowest BCUT2D eigenvalue weighted by molar-refractivity contribution is 0.0952. The fourth-order valence-corrected chi connectivity index (χ4v) is 1.19. The van der Waals surface area contributed by atoms with Gasteiger partial charge in [0.25, 0.3) is 0 Å². The van der Waals surface area contributed by atoms with Crippen molar-refractivity contribution in [3.8, 4) is 5.75 Å². The third kappa shape index (κ3) is 2.91. The van der Waals surface area contributed by atoms with Gasteiger partial charge in [0.2, 0.25) is 0 Å². The molecule has 0 heterocycles. The minimum atomic E-state index is -0.582. The van der Waals surface area contributed by atoms with E-state index in [1.54, 1.807) is 26.0 Å². The highest BCUT2D eigenvalue weighted by Crippen LogP contribution is 2.21. The number of aliphatic hydroxyl groups excluding tert-OH is 1. The highest BCUT2D eigenvalue weighted by molar-refractivity contribution is 5.30. The maximum atomic E-state index is 13.5. The van der Waals surface area contributed by atoms with Crippen LogP contribution in [0.5, 0.6) is 5.75 Å². The molecule has 0 radical (unpaired) electrons. The first kappa shape index (κ1) is 11.9. The van der Waals surface area contributed by atoms with E-state index in [2.05, 4.69) is 0 Å². The Kier molecular flexibility index (Phi) is 4.05. The molecule has 2 unspecified atom stereocenters. The van der Waals surface area contributed by atoms with E-state index in [-0.39, 0.29) is 18.4 Å². The summed E-state index contributed by atoms with van der Waals surface area (Å²) in [6, 6.07) is 4.52. The Hall–Kier alpha value is -1.13. The van der Waals surface area contributed by atoms with Crippen LogP contribution in [0.15, 0.2) is 18.2 Å². The molecular weight excluding hydrogens is 197 g/mol. The normalized spacial score (nSPS) is 14.7. The first-order chi connectivity index (χ1) is 7.06. The van der Waals surface area contributed by atoms with Gasteiger partial charge in [-0.05, 0) is 25.5 Å². The first-order valence-electron chi connectivity index (χ1n) is 4.84. The quantitative estimate of drug-likeness (QED) is 0.790. The largest absolute Gasteiger partial charge is 0.483 e. The number of hydrogen-bond donors (Lipinski definition) is 2. The van der Waals surface area contributed by atoms with Crippen LogP contribution < -0.4 is 10.5 Å². The molecule has 3 nitrogen and oxygen atoms in total. The van der Waals surface area contributed by atoms with Gasteiger partial charge in [-0.2, -0.15) is 0 Å². The minimum Gasteiger partial charge on any atom is -0.483 e. The molecule has 1 aromatic rings. The summed E-state index contributed by atoms with van der Waals surface area (Å²) in [5, 5.41) is 8.99. The van der Waals surface area contributed by atoms with Crippen molar-refractivity contribution in [1.29, 1.82) is 0 Å². The van der Waals surface area contributed by atoms with E-state index in [4.69, 9.17) is 15.6 Å². The van der Waals surface area contributed by atoms with Gasteiger partial charge in [0.05, 0.1) is 6.61 Å². The molecule has 0 aliphatic carbocycles. The Bertz CT molecular complexity index is 328. The maximum Gasteiger partial charge on any atom is 0.167 e. The average Bonchev–Trinajstić information content (AvgIpc) is 2.19. The number of rotatable bonds is 4. The van der Waals surface area contributed by atoms with Crippen LogP contribution in [0, 0.1) is 12.7 Å². The SMILES string of the molecule is Cc1cccc(OC(CO)C(C)N)c1F. The standard InChI is InChI=1S/C11H16FNO2/c1-7-4-3-5-9(11(7)12)15-10(6-14)8(2)13/h3-5,8,10,14H,6,13H2,1-2H3. The van der Waals surface area contributed by atoms with E-state index in [1.807, 2.05) is 0 Å². The van der Waals surface area contributed by atoms with Crippen molar-refractivity contribution in [2.75, 3.05) is 6.61 Å². The van der Waals surface area contributed by atoms with Gasteiger partial charge in [-0.15, -0.1) is 0 Å². The zero-order chi connectivity index (χ0) is 11.4. The first-order valence-corrected chi connectivity index (χ1v) is 4.84. The molecule has 3 N–H and O–H groups in total. The lowest BCUT2D eigenvalue weighted by atomic mass is 10.2. The Morgan fingerprint density at radius 2 is 2.20 bits per heavy atom. The van der Waals surface area contributed by atoms with E-state index >= 15 is 0 Å². The van der Waals surface area contributed by atoms with Crippen LogP contribution >= 0.6 is 0 Å². The summed E-state index contributed by atoms with van der Waals surface area (Å²) >= 11 is 0. The molecule has 2 atom stereocenters. The van der Waals surface area contributed by atoms with E-state index < -0.39 is 11.9 Å². The van der Waals surface area contributed by atoms with Gasteiger partial charge in [0.1, 0.15) is 6.10 Å². The van der Waals surface area contributed by atoms with Crippen molar-refractivity contribution < 1.29 is 14.2 Å². The maximum absolute atomic E-state index is 13.5. The van der Waals surface area contributed by atoms with Crippen LogP contribution in [0.4, 0.5) is 4.39 Å². The Labute approximate surface area is 88.7 Å². The highest BCUT2D eigenvalue weighted by Gasteiger charge is 2.16. The second kappa shape index (κ2) is 5.09. The molecule has 84 valence electrons. The monoisotopic (exact) mass is 213 g/mol. The lowest BCUT2D eigenvalue weighted by Gasteiger charge is -2.20. The molecule has 0 saturated carbocycles. The third-order valence-electron chi connectivity index (χ3n) is 2.20. The van der Waals surface area contributed by atoms with E-state index in [1.165, 1.54) is 6.07 Å². The van der Waals surface area contributed by atoms with Crippen molar-refractivity contribution in [3.63, 3.8) is 0 Å². The summed E-state index contributed by atoms with van der Waals surface area (Å²) < 4.78 is 18.8. The minimum absolute atomic E-state index is 0.131. The van der Waals surface area contributed by atoms with Crippen molar-refractivity contribution in [2.45, 2.75) is 26.0 Å². The van der Waals surface area contributed by atoms with Crippen molar-refractivity contribution in [2.24, 2.45) is 5.73 Å². The molecule has 15 heavy (non-hydrogen) atoms. The molecule has 0 saturated heterocycles. The Morgan fingerprint density at radius 1 is 1.53 bits per heavy atom. The van der Waals surface area contributed by atoms with Gasteiger partial charge in [0.15, 0.2) is 11.6 Å². The van der Waals surface area contributed by atoms with Gasteiger partial charge in [-0.3, -0.25) is 0 Å². The predicted octanol–water partition coefficient (Wildman–Crippen LogP) is 1.22. The summed E-state index contributed by atoms with van der Waals surface area (Å²) in [5.41, 5.74) is 6.08. The lowest BCUT2D eigenvalue weighted by Crippen LogP contribution is -2.39. The molecule has 0 spiro atoms. The van der Waals surface area contributed by atoms with E-state index in [0.717, 1.165) is 0 Å². The van der Waals surface area contributed by atoms with Crippen LogP contribution in [0.25, 0.3) is 0 Å². The molecule has 0 bridgehead atoms. The van der Waals surface area contributed by atoms with Crippen LogP contribution in [-0.2, 0) is 0 Å². The predicted molar refractivity (Wildman–Crippen MR) is 56.3 cm³/mol. The number of nitrogens with two attached hydrogens (primary N) is 1. The molecule has 1 rings (SSSR count). The Balaban J connectivity index is 2.84. The topological polar surface area (TPSA) is 55.5 Å². The number of halogens is 1. The highest BCUT2D eigenvalue weighted by atomic mass is 19.1. The molecular formula is C11H16FNO2. The summed E-state index contributed by atoms with van der Waals surface area (Å²) in [5.74, 6) is -0.275. The molecule has 0 aromatic heterocycles. The number of hydrogen-bond acceptors (Lipinski definition) is 3. The van der Waals surface area contributed by atoms with Gasteiger partial charge >= 0.3 is 0 Å². The molecule has 0 fully saturated rings. The summed E-state index contributed by atoms with van der Waals surface area (Å²) in [7, 11) is 0. The van der Waals surface area contributed by atoms with Crippen LogP contribution in [0.2, 0.25) is 0 Å². The smallest absolute Gasteiger partial charge is 0.167 e. The molecule has 4 heteroatoms. The van der Waals surface area contributed by atoms with E-state index in [0.29, 0.717) is 5.56 Å². The second-order valence-electron chi connectivity index (χ2n) is 3.59. The Morgan fingerprint density at radius 3 is 2.73 bits per heavy atom. The fourth-order valence-electron chi connectivity index (χ4n) is 1.19. The fraction of sp³-hybridized carbons (Fsp3) is 0.455.